The van der Waals surface area contributed by atoms with E-state index in [9.17, 15) is 4.79 Å². The van der Waals surface area contributed by atoms with E-state index in [-0.39, 0.29) is 0 Å². The fourth-order valence-electron chi connectivity index (χ4n) is 1.05. The number of nitrogens with zero attached hydrogens (tertiary/aromatic N) is 1. The average molecular weight is 153 g/mol. The van der Waals surface area contributed by atoms with Gasteiger partial charge in [0.15, 0.2) is 5.78 Å². The molecule has 0 heterocycles. The van der Waals surface area contributed by atoms with Crippen LogP contribution in [0.25, 0.3) is 0 Å². The Balaban J connectivity index is 2.30. The van der Waals surface area contributed by atoms with Gasteiger partial charge in [0.05, 0.1) is 0 Å². The third-order valence-corrected chi connectivity index (χ3v) is 2.04. The number of carbonyl (C=O) groups is 1. The van der Waals surface area contributed by atoms with Crippen LogP contribution in [0.5, 0.6) is 0 Å². The minimum absolute atomic E-state index is 0.296. The highest BCUT2D eigenvalue weighted by atomic mass is 16.1. The summed E-state index contributed by atoms with van der Waals surface area (Å²) in [4.78, 5) is 13.1. The number of carbonyl (C=O) groups excluding carboxylic acids is 1. The van der Waals surface area contributed by atoms with Gasteiger partial charge in [-0.1, -0.05) is 6.42 Å². The zero-order valence-electron chi connectivity index (χ0n) is 7.21. The molecule has 1 fully saturated rings. The first-order chi connectivity index (χ1) is 5.20. The molecule has 11 heavy (non-hydrogen) atoms. The van der Waals surface area contributed by atoms with Gasteiger partial charge in [-0.2, -0.15) is 0 Å². The number of hydrogen-bond acceptors (Lipinski definition) is 2. The van der Waals surface area contributed by atoms with E-state index in [1.54, 1.807) is 6.08 Å². The molecule has 0 atom stereocenters. The predicted molar refractivity (Wildman–Crippen MR) is 45.2 cm³/mol. The van der Waals surface area contributed by atoms with Crippen LogP contribution in [0.2, 0.25) is 0 Å². The molecular formula is C9H15NO. The van der Waals surface area contributed by atoms with E-state index in [1.165, 1.54) is 6.42 Å². The highest BCUT2D eigenvalue weighted by Crippen LogP contribution is 2.27. The van der Waals surface area contributed by atoms with Crippen LogP contribution in [-0.2, 0) is 4.79 Å². The molecule has 0 aliphatic heterocycles. The summed E-state index contributed by atoms with van der Waals surface area (Å²) >= 11 is 0. The lowest BCUT2D eigenvalue weighted by molar-refractivity contribution is -0.120. The molecule has 0 radical (unpaired) electrons. The molecule has 0 saturated heterocycles. The van der Waals surface area contributed by atoms with E-state index in [0.717, 1.165) is 12.8 Å². The van der Waals surface area contributed by atoms with E-state index < -0.39 is 0 Å². The van der Waals surface area contributed by atoms with Crippen LogP contribution in [0.1, 0.15) is 19.3 Å². The van der Waals surface area contributed by atoms with Gasteiger partial charge in [-0.25, -0.2) is 0 Å². The van der Waals surface area contributed by atoms with Crippen LogP contribution in [-0.4, -0.2) is 24.8 Å². The summed E-state index contributed by atoms with van der Waals surface area (Å²) in [6.07, 6.45) is 6.92. The Morgan fingerprint density at radius 3 is 2.45 bits per heavy atom. The molecule has 62 valence electrons. The number of rotatable bonds is 3. The minimum atomic E-state index is 0.296. The highest BCUT2D eigenvalue weighted by molar-refractivity contribution is 5.92. The van der Waals surface area contributed by atoms with Crippen molar-refractivity contribution in [1.29, 1.82) is 0 Å². The molecular weight excluding hydrogens is 138 g/mol. The Morgan fingerprint density at radius 2 is 2.09 bits per heavy atom. The van der Waals surface area contributed by atoms with Crippen molar-refractivity contribution in [3.8, 4) is 0 Å². The van der Waals surface area contributed by atoms with Crippen molar-refractivity contribution in [1.82, 2.24) is 4.90 Å². The first kappa shape index (κ1) is 8.31. The molecule has 2 nitrogen and oxygen atoms in total. The van der Waals surface area contributed by atoms with Gasteiger partial charge in [-0.3, -0.25) is 4.79 Å². The minimum Gasteiger partial charge on any atom is -0.383 e. The average Bonchev–Trinajstić information content (AvgIpc) is 1.79. The molecule has 1 aliphatic carbocycles. The quantitative estimate of drug-likeness (QED) is 0.572. The highest BCUT2D eigenvalue weighted by Gasteiger charge is 2.22. The second kappa shape index (κ2) is 3.56. The van der Waals surface area contributed by atoms with Crippen molar-refractivity contribution in [3.63, 3.8) is 0 Å². The summed E-state index contributed by atoms with van der Waals surface area (Å²) in [5.41, 5.74) is 0. The van der Waals surface area contributed by atoms with E-state index in [4.69, 9.17) is 0 Å². The van der Waals surface area contributed by atoms with Crippen LogP contribution in [0.3, 0.4) is 0 Å². The van der Waals surface area contributed by atoms with Crippen molar-refractivity contribution >= 4 is 5.78 Å². The summed E-state index contributed by atoms with van der Waals surface area (Å²) in [5.74, 6) is 0.635. The zero-order valence-corrected chi connectivity index (χ0v) is 7.21. The lowest BCUT2D eigenvalue weighted by Crippen LogP contribution is -2.20. The normalized spacial score (nSPS) is 18.4. The number of hydrogen-bond donors (Lipinski definition) is 0. The maximum Gasteiger partial charge on any atom is 0.160 e. The fraction of sp³-hybridized carbons (Fsp3) is 0.667. The largest absolute Gasteiger partial charge is 0.383 e. The van der Waals surface area contributed by atoms with Gasteiger partial charge in [0, 0.05) is 26.2 Å². The summed E-state index contributed by atoms with van der Waals surface area (Å²) in [6, 6.07) is 0. The third kappa shape index (κ3) is 2.37. The molecule has 0 aromatic rings. The summed E-state index contributed by atoms with van der Waals surface area (Å²) in [7, 11) is 3.84. The van der Waals surface area contributed by atoms with Crippen LogP contribution in [0, 0.1) is 5.92 Å². The van der Waals surface area contributed by atoms with Gasteiger partial charge in [-0.05, 0) is 18.9 Å². The van der Waals surface area contributed by atoms with Crippen LogP contribution < -0.4 is 0 Å². The molecule has 1 rings (SSSR count). The monoisotopic (exact) mass is 153 g/mol. The topological polar surface area (TPSA) is 20.3 Å². The molecule has 1 saturated carbocycles. The molecule has 0 aromatic carbocycles. The van der Waals surface area contributed by atoms with Gasteiger partial charge in [0.1, 0.15) is 0 Å². The van der Waals surface area contributed by atoms with E-state index in [0.29, 0.717) is 11.7 Å². The SMILES string of the molecule is CN(C)C=CC(=O)C1CCC1. The van der Waals surface area contributed by atoms with Crippen LogP contribution in [0.15, 0.2) is 12.3 Å². The third-order valence-electron chi connectivity index (χ3n) is 2.04. The number of ketones is 1. The van der Waals surface area contributed by atoms with Crippen molar-refractivity contribution < 1.29 is 4.79 Å². The van der Waals surface area contributed by atoms with Gasteiger partial charge in [0.2, 0.25) is 0 Å². The molecule has 0 bridgehead atoms. The van der Waals surface area contributed by atoms with E-state index >= 15 is 0 Å². The first-order valence-electron chi connectivity index (χ1n) is 4.08. The fourth-order valence-corrected chi connectivity index (χ4v) is 1.05. The molecule has 0 amide bonds. The van der Waals surface area contributed by atoms with Crippen molar-refractivity contribution in [2.75, 3.05) is 14.1 Å². The zero-order chi connectivity index (χ0) is 8.27. The van der Waals surface area contributed by atoms with Crippen molar-refractivity contribution in [2.24, 2.45) is 5.92 Å². The predicted octanol–water partition coefficient (Wildman–Crippen LogP) is 1.43. The molecule has 0 aromatic heterocycles. The summed E-state index contributed by atoms with van der Waals surface area (Å²) in [5, 5.41) is 0. The van der Waals surface area contributed by atoms with Gasteiger partial charge < -0.3 is 4.90 Å². The Hall–Kier alpha value is -0.790. The molecule has 0 N–H and O–H groups in total. The maximum atomic E-state index is 11.2. The van der Waals surface area contributed by atoms with Gasteiger partial charge in [0.25, 0.3) is 0 Å². The Morgan fingerprint density at radius 1 is 1.45 bits per heavy atom. The number of allylic oxidation sites excluding steroid dienone is 1. The molecule has 1 aliphatic rings. The molecule has 0 unspecified atom stereocenters. The van der Waals surface area contributed by atoms with Crippen molar-refractivity contribution in [2.45, 2.75) is 19.3 Å². The van der Waals surface area contributed by atoms with Gasteiger partial charge in [-0.15, -0.1) is 0 Å². The second-order valence-electron chi connectivity index (χ2n) is 3.31. The smallest absolute Gasteiger partial charge is 0.160 e. The maximum absolute atomic E-state index is 11.2. The Kier molecular flexibility index (Phi) is 2.69. The summed E-state index contributed by atoms with van der Waals surface area (Å²) < 4.78 is 0. The Bertz CT molecular complexity index is 168. The standard InChI is InChI=1S/C9H15NO/c1-10(2)7-6-9(11)8-4-3-5-8/h6-8H,3-5H2,1-2H3. The second-order valence-corrected chi connectivity index (χ2v) is 3.31. The van der Waals surface area contributed by atoms with E-state index in [1.807, 2.05) is 25.2 Å². The van der Waals surface area contributed by atoms with Crippen LogP contribution >= 0.6 is 0 Å². The lowest BCUT2D eigenvalue weighted by Gasteiger charge is -2.22. The lowest BCUT2D eigenvalue weighted by atomic mass is 9.82. The Labute approximate surface area is 67.9 Å². The van der Waals surface area contributed by atoms with Crippen LogP contribution in [0.4, 0.5) is 0 Å². The first-order valence-corrected chi connectivity index (χ1v) is 4.08. The van der Waals surface area contributed by atoms with Crippen molar-refractivity contribution in [3.05, 3.63) is 12.3 Å². The van der Waals surface area contributed by atoms with Gasteiger partial charge >= 0.3 is 0 Å². The molecule has 2 heteroatoms. The molecule has 0 spiro atoms. The summed E-state index contributed by atoms with van der Waals surface area (Å²) in [6.45, 7) is 0. The van der Waals surface area contributed by atoms with E-state index in [2.05, 4.69) is 0 Å².